The van der Waals surface area contributed by atoms with E-state index in [9.17, 15) is 4.79 Å². The molecule has 2 N–H and O–H groups in total. The van der Waals surface area contributed by atoms with Crippen LogP contribution in [-0.2, 0) is 12.0 Å². The first kappa shape index (κ1) is 23.5. The molecule has 0 bridgehead atoms. The number of rotatable bonds is 6. The van der Waals surface area contributed by atoms with E-state index in [0.717, 1.165) is 18.4 Å². The third-order valence-corrected chi connectivity index (χ3v) is 6.26. The van der Waals surface area contributed by atoms with Crippen LogP contribution in [0.15, 0.2) is 69.8 Å². The Balaban J connectivity index is 1.50. The molecule has 1 fully saturated rings. The van der Waals surface area contributed by atoms with Crippen LogP contribution in [0, 0.1) is 11.8 Å². The lowest BCUT2D eigenvalue weighted by atomic mass is 9.94. The fourth-order valence-corrected chi connectivity index (χ4v) is 4.52. The summed E-state index contributed by atoms with van der Waals surface area (Å²) in [6.45, 7) is 4.31. The Labute approximate surface area is 209 Å². The van der Waals surface area contributed by atoms with Crippen molar-refractivity contribution in [1.82, 2.24) is 20.1 Å². The third-order valence-electron chi connectivity index (χ3n) is 6.26. The van der Waals surface area contributed by atoms with E-state index in [4.69, 9.17) is 14.6 Å². The molecule has 1 aliphatic rings. The minimum absolute atomic E-state index is 0.0951. The van der Waals surface area contributed by atoms with Crippen molar-refractivity contribution < 1.29 is 13.6 Å². The molecule has 0 spiro atoms. The molecule has 1 saturated heterocycles. The van der Waals surface area contributed by atoms with Crippen LogP contribution in [0.3, 0.4) is 0 Å². The highest BCUT2D eigenvalue weighted by atomic mass is 16.4. The first-order chi connectivity index (χ1) is 17.4. The summed E-state index contributed by atoms with van der Waals surface area (Å²) in [5.41, 5.74) is 8.47. The standard InChI is InChI=1S/C28H27N5O3/c1-3-8-23-11-7-13-33(23)26(34)22-16-20(24-30-12-14-35-24)15-21(17-22)25-31-32-27(36-25)28(2,29)18-19-9-5-4-6-10-19/h4-6,9-10,12,14-17,23H,7,11,13,18,29H2,1-2H3/t23-,28+/m0/s1. The minimum Gasteiger partial charge on any atom is -0.445 e. The molecule has 2 atom stereocenters. The van der Waals surface area contributed by atoms with Gasteiger partial charge in [-0.3, -0.25) is 4.79 Å². The summed E-state index contributed by atoms with van der Waals surface area (Å²) >= 11 is 0. The Bertz CT molecular complexity index is 1410. The van der Waals surface area contributed by atoms with Gasteiger partial charge < -0.3 is 19.5 Å². The van der Waals surface area contributed by atoms with Gasteiger partial charge in [0.15, 0.2) is 0 Å². The van der Waals surface area contributed by atoms with Crippen molar-refractivity contribution >= 4 is 5.91 Å². The van der Waals surface area contributed by atoms with Crippen LogP contribution in [0.2, 0.25) is 0 Å². The van der Waals surface area contributed by atoms with E-state index >= 15 is 0 Å². The second kappa shape index (κ2) is 9.80. The van der Waals surface area contributed by atoms with Crippen molar-refractivity contribution in [3.05, 3.63) is 78.0 Å². The summed E-state index contributed by atoms with van der Waals surface area (Å²) in [5, 5.41) is 8.51. The SMILES string of the molecule is CC#C[C@H]1CCCN1C(=O)c1cc(-c2ncco2)cc(-c2nnc([C@](C)(N)Cc3ccccc3)o2)c1. The molecule has 0 radical (unpaired) electrons. The summed E-state index contributed by atoms with van der Waals surface area (Å²) in [4.78, 5) is 19.6. The number of hydrogen-bond acceptors (Lipinski definition) is 7. The molecule has 8 nitrogen and oxygen atoms in total. The van der Waals surface area contributed by atoms with E-state index < -0.39 is 5.54 Å². The van der Waals surface area contributed by atoms with E-state index in [1.165, 1.54) is 6.26 Å². The van der Waals surface area contributed by atoms with Gasteiger partial charge in [-0.25, -0.2) is 4.98 Å². The average Bonchev–Trinajstić information content (AvgIpc) is 3.66. The molecule has 8 heteroatoms. The maximum Gasteiger partial charge on any atom is 0.254 e. The molecule has 0 aliphatic carbocycles. The predicted octanol–water partition coefficient (Wildman–Crippen LogP) is 4.44. The van der Waals surface area contributed by atoms with Gasteiger partial charge in [0.2, 0.25) is 17.7 Å². The summed E-state index contributed by atoms with van der Waals surface area (Å²) < 4.78 is 11.6. The van der Waals surface area contributed by atoms with Gasteiger partial charge in [0.05, 0.1) is 17.8 Å². The first-order valence-corrected chi connectivity index (χ1v) is 11.9. The number of carbonyl (C=O) groups excluding carboxylic acids is 1. The molecule has 0 unspecified atom stereocenters. The molecule has 3 heterocycles. The first-order valence-electron chi connectivity index (χ1n) is 11.9. The van der Waals surface area contributed by atoms with Crippen LogP contribution >= 0.6 is 0 Å². The van der Waals surface area contributed by atoms with E-state index in [-0.39, 0.29) is 17.8 Å². The van der Waals surface area contributed by atoms with Crippen LogP contribution < -0.4 is 5.73 Å². The number of nitrogens with zero attached hydrogens (tertiary/aromatic N) is 4. The molecule has 4 aromatic rings. The van der Waals surface area contributed by atoms with E-state index in [1.807, 2.05) is 48.2 Å². The summed E-state index contributed by atoms with van der Waals surface area (Å²) in [6.07, 6.45) is 5.36. The Kier molecular flexibility index (Phi) is 6.40. The molecule has 1 aliphatic heterocycles. The molecule has 1 amide bonds. The average molecular weight is 482 g/mol. The Morgan fingerprint density at radius 2 is 1.94 bits per heavy atom. The van der Waals surface area contributed by atoms with Gasteiger partial charge in [-0.2, -0.15) is 0 Å². The molecular weight excluding hydrogens is 454 g/mol. The Hall–Kier alpha value is -4.22. The monoisotopic (exact) mass is 481 g/mol. The molecule has 0 saturated carbocycles. The molecule has 182 valence electrons. The van der Waals surface area contributed by atoms with E-state index in [1.54, 1.807) is 25.3 Å². The smallest absolute Gasteiger partial charge is 0.254 e. The molecule has 36 heavy (non-hydrogen) atoms. The highest BCUT2D eigenvalue weighted by Crippen LogP contribution is 2.31. The highest BCUT2D eigenvalue weighted by molar-refractivity contribution is 5.97. The van der Waals surface area contributed by atoms with Crippen molar-refractivity contribution in [1.29, 1.82) is 0 Å². The highest BCUT2D eigenvalue weighted by Gasteiger charge is 2.31. The minimum atomic E-state index is -0.868. The van der Waals surface area contributed by atoms with Crippen molar-refractivity contribution in [2.24, 2.45) is 5.73 Å². The largest absolute Gasteiger partial charge is 0.445 e. The van der Waals surface area contributed by atoms with Crippen LogP contribution in [0.25, 0.3) is 22.9 Å². The number of oxazole rings is 1. The quantitative estimate of drug-likeness (QED) is 0.405. The fraction of sp³-hybridized carbons (Fsp3) is 0.286. The summed E-state index contributed by atoms with van der Waals surface area (Å²) in [5.74, 6) is 6.95. The molecular formula is C28H27N5O3. The Morgan fingerprint density at radius 3 is 2.67 bits per heavy atom. The number of amides is 1. The number of benzene rings is 2. The van der Waals surface area contributed by atoms with Crippen molar-refractivity contribution in [3.63, 3.8) is 0 Å². The third kappa shape index (κ3) is 4.79. The molecule has 5 rings (SSSR count). The lowest BCUT2D eigenvalue weighted by Crippen LogP contribution is -2.35. The lowest BCUT2D eigenvalue weighted by molar-refractivity contribution is 0.0766. The number of nitrogens with two attached hydrogens (primary N) is 1. The zero-order valence-corrected chi connectivity index (χ0v) is 20.3. The maximum absolute atomic E-state index is 13.5. The maximum atomic E-state index is 13.5. The topological polar surface area (TPSA) is 111 Å². The zero-order valence-electron chi connectivity index (χ0n) is 20.3. The van der Waals surface area contributed by atoms with Crippen LogP contribution in [-0.4, -0.2) is 38.6 Å². The van der Waals surface area contributed by atoms with Crippen molar-refractivity contribution in [2.45, 2.75) is 44.7 Å². The number of hydrogen-bond donors (Lipinski definition) is 1. The lowest BCUT2D eigenvalue weighted by Gasteiger charge is -2.21. The Morgan fingerprint density at radius 1 is 1.17 bits per heavy atom. The number of aromatic nitrogens is 3. The van der Waals surface area contributed by atoms with Crippen molar-refractivity contribution in [3.8, 4) is 34.7 Å². The van der Waals surface area contributed by atoms with Crippen LogP contribution in [0.1, 0.15) is 48.5 Å². The van der Waals surface area contributed by atoms with Gasteiger partial charge >= 0.3 is 0 Å². The second-order valence-corrected chi connectivity index (χ2v) is 9.18. The van der Waals surface area contributed by atoms with Crippen LogP contribution in [0.4, 0.5) is 0 Å². The molecule has 2 aromatic heterocycles. The van der Waals surface area contributed by atoms with Gasteiger partial charge in [0.1, 0.15) is 6.26 Å². The van der Waals surface area contributed by atoms with Gasteiger partial charge in [0, 0.05) is 23.2 Å². The number of carbonyl (C=O) groups is 1. The molecule has 2 aromatic carbocycles. The fourth-order valence-electron chi connectivity index (χ4n) is 4.52. The summed E-state index contributed by atoms with van der Waals surface area (Å²) in [6, 6.07) is 15.2. The van der Waals surface area contributed by atoms with Gasteiger partial charge in [-0.15, -0.1) is 16.1 Å². The summed E-state index contributed by atoms with van der Waals surface area (Å²) in [7, 11) is 0. The zero-order chi connectivity index (χ0) is 25.1. The van der Waals surface area contributed by atoms with E-state index in [2.05, 4.69) is 27.0 Å². The van der Waals surface area contributed by atoms with Crippen LogP contribution in [0.5, 0.6) is 0 Å². The van der Waals surface area contributed by atoms with Gasteiger partial charge in [0.25, 0.3) is 5.91 Å². The second-order valence-electron chi connectivity index (χ2n) is 9.18. The predicted molar refractivity (Wildman–Crippen MR) is 134 cm³/mol. The number of likely N-dealkylation sites (tertiary alicyclic amines) is 1. The normalized spacial score (nSPS) is 16.9. The van der Waals surface area contributed by atoms with Gasteiger partial charge in [-0.1, -0.05) is 36.3 Å². The van der Waals surface area contributed by atoms with Gasteiger partial charge in [-0.05, 0) is 56.9 Å². The van der Waals surface area contributed by atoms with Crippen molar-refractivity contribution in [2.75, 3.05) is 6.54 Å². The van der Waals surface area contributed by atoms with E-state index in [0.29, 0.717) is 41.4 Å².